The second kappa shape index (κ2) is 5.51. The fraction of sp³-hybridized carbons (Fsp3) is 0.474. The normalized spacial score (nSPS) is 17.8. The Hall–Kier alpha value is -2.50. The molecule has 0 bridgehead atoms. The van der Waals surface area contributed by atoms with E-state index in [1.165, 1.54) is 6.42 Å². The quantitative estimate of drug-likeness (QED) is 0.713. The number of ketones is 1. The molecule has 3 aromatic heterocycles. The number of hydrogen-bond donors (Lipinski definition) is 0. The third-order valence-corrected chi connectivity index (χ3v) is 5.21. The van der Waals surface area contributed by atoms with Crippen LogP contribution in [0.15, 0.2) is 22.6 Å². The number of carbonyl (C=O) groups excluding carboxylic acids is 1. The molecule has 2 fully saturated rings. The second-order valence-electron chi connectivity index (χ2n) is 7.27. The van der Waals surface area contributed by atoms with Crippen LogP contribution in [0.5, 0.6) is 0 Å². The topological polar surface area (TPSA) is 73.3 Å². The van der Waals surface area contributed by atoms with Gasteiger partial charge in [-0.15, -0.1) is 5.10 Å². The van der Waals surface area contributed by atoms with Crippen LogP contribution in [0.2, 0.25) is 0 Å². The zero-order valence-electron chi connectivity index (χ0n) is 14.2. The molecular formula is C19H20N4O2. The summed E-state index contributed by atoms with van der Waals surface area (Å²) in [7, 11) is 0. The van der Waals surface area contributed by atoms with E-state index in [4.69, 9.17) is 14.4 Å². The molecule has 0 unspecified atom stereocenters. The maximum atomic E-state index is 12.2. The predicted molar refractivity (Wildman–Crippen MR) is 91.2 cm³/mol. The largest absolute Gasteiger partial charge is 0.458 e. The van der Waals surface area contributed by atoms with Gasteiger partial charge >= 0.3 is 0 Å². The summed E-state index contributed by atoms with van der Waals surface area (Å²) in [4.78, 5) is 21.6. The number of fused-ring (bicyclic) bond motifs is 1. The summed E-state index contributed by atoms with van der Waals surface area (Å²) in [5.74, 6) is 3.94. The van der Waals surface area contributed by atoms with Gasteiger partial charge in [-0.2, -0.15) is 4.52 Å². The zero-order valence-corrected chi connectivity index (χ0v) is 14.2. The molecule has 3 heterocycles. The Labute approximate surface area is 145 Å². The molecule has 2 saturated carbocycles. The minimum Gasteiger partial charge on any atom is -0.458 e. The fourth-order valence-electron chi connectivity index (χ4n) is 3.33. The van der Waals surface area contributed by atoms with Crippen LogP contribution in [0.4, 0.5) is 0 Å². The fourth-order valence-corrected chi connectivity index (χ4v) is 3.33. The first kappa shape index (κ1) is 14.8. The average molecular weight is 336 g/mol. The Balaban J connectivity index is 1.61. The van der Waals surface area contributed by atoms with E-state index in [1.54, 1.807) is 4.52 Å². The van der Waals surface area contributed by atoms with E-state index in [2.05, 4.69) is 5.10 Å². The molecule has 0 aliphatic heterocycles. The molecule has 25 heavy (non-hydrogen) atoms. The van der Waals surface area contributed by atoms with Crippen LogP contribution >= 0.6 is 0 Å². The van der Waals surface area contributed by atoms with Gasteiger partial charge < -0.3 is 4.42 Å². The summed E-state index contributed by atoms with van der Waals surface area (Å²) >= 11 is 0. The molecule has 2 aliphatic rings. The maximum Gasteiger partial charge on any atom is 0.199 e. The van der Waals surface area contributed by atoms with Crippen LogP contribution in [0.25, 0.3) is 17.2 Å². The Morgan fingerprint density at radius 3 is 2.72 bits per heavy atom. The molecule has 0 aromatic carbocycles. The second-order valence-corrected chi connectivity index (χ2v) is 7.27. The highest BCUT2D eigenvalue weighted by molar-refractivity contribution is 5.85. The van der Waals surface area contributed by atoms with E-state index in [0.29, 0.717) is 23.9 Å². The number of aryl methyl sites for hydroxylation is 1. The van der Waals surface area contributed by atoms with Crippen LogP contribution in [-0.4, -0.2) is 25.4 Å². The first-order valence-electron chi connectivity index (χ1n) is 9.03. The lowest BCUT2D eigenvalue weighted by molar-refractivity contribution is -0.119. The summed E-state index contributed by atoms with van der Waals surface area (Å²) in [5, 5.41) is 4.69. The lowest BCUT2D eigenvalue weighted by atomic mass is 9.85. The molecule has 6 nitrogen and oxygen atoms in total. The number of Topliss-reactive ketones (excluding diaryl/α,β-unsaturated/α-hetero) is 1. The van der Waals surface area contributed by atoms with Crippen molar-refractivity contribution in [3.63, 3.8) is 0 Å². The molecule has 3 aromatic rings. The van der Waals surface area contributed by atoms with Gasteiger partial charge in [0.15, 0.2) is 23.1 Å². The first-order valence-corrected chi connectivity index (χ1v) is 9.03. The van der Waals surface area contributed by atoms with E-state index in [-0.39, 0.29) is 11.7 Å². The summed E-state index contributed by atoms with van der Waals surface area (Å²) in [6.07, 6.45) is 5.92. The first-order chi connectivity index (χ1) is 12.2. The van der Waals surface area contributed by atoms with Gasteiger partial charge in [-0.25, -0.2) is 9.97 Å². The molecule has 0 atom stereocenters. The highest BCUT2D eigenvalue weighted by Gasteiger charge is 2.30. The summed E-state index contributed by atoms with van der Waals surface area (Å²) in [6, 6.07) is 5.71. The SMILES string of the molecule is Cc1ccc(-c2nc(CC(=O)C3CC3)cc3nc(C4CCC4)nn23)o1. The van der Waals surface area contributed by atoms with E-state index in [0.717, 1.165) is 48.6 Å². The smallest absolute Gasteiger partial charge is 0.199 e. The Morgan fingerprint density at radius 2 is 2.08 bits per heavy atom. The van der Waals surface area contributed by atoms with Crippen molar-refractivity contribution >= 4 is 11.4 Å². The van der Waals surface area contributed by atoms with Crippen molar-refractivity contribution in [2.75, 3.05) is 0 Å². The van der Waals surface area contributed by atoms with Crippen LogP contribution in [0.3, 0.4) is 0 Å². The van der Waals surface area contributed by atoms with Crippen molar-refractivity contribution in [1.29, 1.82) is 0 Å². The van der Waals surface area contributed by atoms with E-state index in [1.807, 2.05) is 25.1 Å². The number of hydrogen-bond acceptors (Lipinski definition) is 5. The van der Waals surface area contributed by atoms with Crippen LogP contribution < -0.4 is 0 Å². The number of nitrogens with zero attached hydrogens (tertiary/aromatic N) is 4. The van der Waals surface area contributed by atoms with Crippen LogP contribution in [0, 0.1) is 12.8 Å². The third-order valence-electron chi connectivity index (χ3n) is 5.21. The lowest BCUT2D eigenvalue weighted by Crippen LogP contribution is -2.11. The minimum atomic E-state index is 0.232. The molecule has 0 radical (unpaired) electrons. The van der Waals surface area contributed by atoms with Crippen LogP contribution in [-0.2, 0) is 11.2 Å². The van der Waals surface area contributed by atoms with E-state index >= 15 is 0 Å². The monoisotopic (exact) mass is 336 g/mol. The van der Waals surface area contributed by atoms with Gasteiger partial charge in [0.2, 0.25) is 0 Å². The van der Waals surface area contributed by atoms with Crippen LogP contribution in [0.1, 0.15) is 55.3 Å². The molecule has 5 rings (SSSR count). The van der Waals surface area contributed by atoms with Crippen molar-refractivity contribution in [3.8, 4) is 11.6 Å². The maximum absolute atomic E-state index is 12.2. The molecule has 0 saturated heterocycles. The van der Waals surface area contributed by atoms with Crippen molar-refractivity contribution in [2.45, 2.75) is 51.4 Å². The van der Waals surface area contributed by atoms with Crippen molar-refractivity contribution in [3.05, 3.63) is 35.5 Å². The van der Waals surface area contributed by atoms with Gasteiger partial charge in [-0.3, -0.25) is 4.79 Å². The van der Waals surface area contributed by atoms with Gasteiger partial charge in [0, 0.05) is 24.3 Å². The molecule has 2 aliphatic carbocycles. The highest BCUT2D eigenvalue weighted by atomic mass is 16.3. The Kier molecular flexibility index (Phi) is 3.26. The van der Waals surface area contributed by atoms with Gasteiger partial charge in [-0.05, 0) is 44.7 Å². The summed E-state index contributed by atoms with van der Waals surface area (Å²) in [6.45, 7) is 1.91. The molecule has 0 amide bonds. The Morgan fingerprint density at radius 1 is 1.24 bits per heavy atom. The van der Waals surface area contributed by atoms with E-state index < -0.39 is 0 Å². The van der Waals surface area contributed by atoms with Crippen molar-refractivity contribution < 1.29 is 9.21 Å². The van der Waals surface area contributed by atoms with Gasteiger partial charge in [0.1, 0.15) is 11.5 Å². The number of furan rings is 1. The zero-order chi connectivity index (χ0) is 17.0. The van der Waals surface area contributed by atoms with Gasteiger partial charge in [0.25, 0.3) is 0 Å². The molecule has 0 N–H and O–H groups in total. The Bertz CT molecular complexity index is 963. The lowest BCUT2D eigenvalue weighted by Gasteiger charge is -2.21. The van der Waals surface area contributed by atoms with Crippen molar-refractivity contribution in [1.82, 2.24) is 19.6 Å². The predicted octanol–water partition coefficient (Wildman–Crippen LogP) is 3.48. The number of rotatable bonds is 5. The van der Waals surface area contributed by atoms with Gasteiger partial charge in [0.05, 0.1) is 5.69 Å². The molecular weight excluding hydrogens is 316 g/mol. The highest BCUT2D eigenvalue weighted by Crippen LogP contribution is 2.35. The standard InChI is InChI=1S/C19H20N4O2/c1-11-5-8-16(25-11)19-20-14(9-15(24)12-6-7-12)10-17-21-18(22-23(17)19)13-3-2-4-13/h5,8,10,12-13H,2-4,6-7,9H2,1H3. The summed E-state index contributed by atoms with van der Waals surface area (Å²) < 4.78 is 7.53. The number of carbonyl (C=O) groups is 1. The molecule has 0 spiro atoms. The minimum absolute atomic E-state index is 0.232. The average Bonchev–Trinajstić information content (AvgIpc) is 3.18. The molecule has 128 valence electrons. The van der Waals surface area contributed by atoms with E-state index in [9.17, 15) is 4.79 Å². The summed E-state index contributed by atoms with van der Waals surface area (Å²) in [5.41, 5.74) is 1.50. The van der Waals surface area contributed by atoms with Gasteiger partial charge in [-0.1, -0.05) is 6.42 Å². The van der Waals surface area contributed by atoms with Crippen molar-refractivity contribution in [2.24, 2.45) is 5.92 Å². The number of aromatic nitrogens is 4. The molecule has 6 heteroatoms. The third kappa shape index (κ3) is 2.65.